The van der Waals surface area contributed by atoms with Crippen LogP contribution >= 0.6 is 0 Å². The van der Waals surface area contributed by atoms with Gasteiger partial charge in [0.05, 0.1) is 10.8 Å². The van der Waals surface area contributed by atoms with E-state index in [1.54, 1.807) is 0 Å². The fourth-order valence-electron chi connectivity index (χ4n) is 4.37. The van der Waals surface area contributed by atoms with E-state index in [4.69, 9.17) is 0 Å². The van der Waals surface area contributed by atoms with Crippen molar-refractivity contribution in [3.63, 3.8) is 0 Å². The van der Waals surface area contributed by atoms with Gasteiger partial charge in [0, 0.05) is 0 Å². The normalized spacial score (nSPS) is 16.9. The molecule has 0 spiro atoms. The molecule has 0 aromatic heterocycles. The molecule has 0 aromatic carbocycles. The molecule has 0 saturated heterocycles. The van der Waals surface area contributed by atoms with Crippen LogP contribution in [0.3, 0.4) is 0 Å². The van der Waals surface area contributed by atoms with E-state index in [1.807, 2.05) is 27.7 Å². The largest absolute Gasteiger partial charge is 0.481 e. The van der Waals surface area contributed by atoms with Gasteiger partial charge in [-0.3, -0.25) is 9.59 Å². The number of carboxylic acid groups (broad SMARTS) is 2. The first-order chi connectivity index (χ1) is 11.5. The average Bonchev–Trinajstić information content (AvgIpc) is 2.54. The minimum atomic E-state index is -0.748. The van der Waals surface area contributed by atoms with Crippen LogP contribution in [0.5, 0.6) is 0 Å². The van der Waals surface area contributed by atoms with E-state index in [9.17, 15) is 19.8 Å². The highest BCUT2D eigenvalue weighted by molar-refractivity contribution is 5.75. The summed E-state index contributed by atoms with van der Waals surface area (Å²) in [7, 11) is 0. The molecule has 4 heteroatoms. The highest BCUT2D eigenvalue weighted by Crippen LogP contribution is 2.48. The van der Waals surface area contributed by atoms with E-state index in [-0.39, 0.29) is 5.41 Å². The minimum absolute atomic E-state index is 0.329. The molecule has 25 heavy (non-hydrogen) atoms. The van der Waals surface area contributed by atoms with Crippen LogP contribution < -0.4 is 0 Å². The van der Waals surface area contributed by atoms with E-state index in [1.165, 1.54) is 0 Å². The van der Waals surface area contributed by atoms with E-state index in [0.717, 1.165) is 25.7 Å². The van der Waals surface area contributed by atoms with Gasteiger partial charge in [0.2, 0.25) is 0 Å². The predicted octanol–water partition coefficient (Wildman–Crippen LogP) is 6.14. The summed E-state index contributed by atoms with van der Waals surface area (Å²) in [4.78, 5) is 24.1. The molecule has 0 bridgehead atoms. The fourth-order valence-corrected chi connectivity index (χ4v) is 4.37. The number of carboxylic acids is 2. The molecule has 2 unspecified atom stereocenters. The third kappa shape index (κ3) is 6.63. The SMILES string of the molecule is CCCCC(CC)(CC(C)(C)CC(CC)(CCCC)C(=O)O)C(=O)O. The molecule has 0 aliphatic carbocycles. The van der Waals surface area contributed by atoms with Gasteiger partial charge in [0.25, 0.3) is 0 Å². The monoisotopic (exact) mass is 356 g/mol. The molecule has 0 amide bonds. The maximum absolute atomic E-state index is 12.1. The lowest BCUT2D eigenvalue weighted by molar-refractivity contribution is -0.155. The van der Waals surface area contributed by atoms with Crippen molar-refractivity contribution in [3.8, 4) is 0 Å². The highest BCUT2D eigenvalue weighted by atomic mass is 16.4. The molecule has 0 aliphatic rings. The second-order valence-corrected chi connectivity index (χ2v) is 8.60. The Kier molecular flexibility index (Phi) is 9.75. The Bertz CT molecular complexity index is 392. The van der Waals surface area contributed by atoms with Crippen molar-refractivity contribution in [3.05, 3.63) is 0 Å². The number of rotatable bonds is 14. The summed E-state index contributed by atoms with van der Waals surface area (Å²) >= 11 is 0. The standard InChI is InChI=1S/C21H40O4/c1-7-11-13-20(9-3,17(22)23)15-19(5,6)16-21(10-4,18(24)25)14-12-8-2/h7-16H2,1-6H3,(H,22,23)(H,24,25). The van der Waals surface area contributed by atoms with Crippen molar-refractivity contribution in [1.29, 1.82) is 0 Å². The quantitative estimate of drug-likeness (QED) is 0.392. The zero-order chi connectivity index (χ0) is 19.7. The number of carbonyl (C=O) groups is 2. The molecule has 0 heterocycles. The lowest BCUT2D eigenvalue weighted by atomic mass is 9.62. The van der Waals surface area contributed by atoms with Crippen molar-refractivity contribution < 1.29 is 19.8 Å². The molecule has 0 aromatic rings. The molecule has 0 saturated carbocycles. The summed E-state index contributed by atoms with van der Waals surface area (Å²) in [6, 6.07) is 0. The third-order valence-electron chi connectivity index (χ3n) is 5.91. The molecular weight excluding hydrogens is 316 g/mol. The van der Waals surface area contributed by atoms with Crippen LogP contribution in [0.1, 0.15) is 106 Å². The van der Waals surface area contributed by atoms with Crippen LogP contribution in [0.2, 0.25) is 0 Å². The Balaban J connectivity index is 5.54. The molecular formula is C21H40O4. The Labute approximate surface area is 154 Å². The summed E-state index contributed by atoms with van der Waals surface area (Å²) in [5.74, 6) is -1.47. The van der Waals surface area contributed by atoms with Gasteiger partial charge in [-0.2, -0.15) is 0 Å². The summed E-state index contributed by atoms with van der Waals surface area (Å²) in [5.41, 5.74) is -1.82. The van der Waals surface area contributed by atoms with Gasteiger partial charge in [0.1, 0.15) is 0 Å². The van der Waals surface area contributed by atoms with Gasteiger partial charge < -0.3 is 10.2 Å². The highest BCUT2D eigenvalue weighted by Gasteiger charge is 2.46. The summed E-state index contributed by atoms with van der Waals surface area (Å²) in [5, 5.41) is 19.8. The number of aliphatic carboxylic acids is 2. The van der Waals surface area contributed by atoms with E-state index >= 15 is 0 Å². The van der Waals surface area contributed by atoms with Crippen molar-refractivity contribution in [1.82, 2.24) is 0 Å². The van der Waals surface area contributed by atoms with Crippen molar-refractivity contribution >= 4 is 11.9 Å². The van der Waals surface area contributed by atoms with Crippen LogP contribution in [0.25, 0.3) is 0 Å². The Morgan fingerprint density at radius 1 is 0.720 bits per heavy atom. The lowest BCUT2D eigenvalue weighted by Crippen LogP contribution is -2.40. The second-order valence-electron chi connectivity index (χ2n) is 8.60. The summed E-state index contributed by atoms with van der Waals surface area (Å²) in [6.45, 7) is 12.1. The molecule has 0 fully saturated rings. The van der Waals surface area contributed by atoms with E-state index in [2.05, 4.69) is 13.8 Å². The van der Waals surface area contributed by atoms with Crippen molar-refractivity contribution in [2.75, 3.05) is 0 Å². The smallest absolute Gasteiger partial charge is 0.309 e. The first-order valence-electron chi connectivity index (χ1n) is 10.0. The van der Waals surface area contributed by atoms with Gasteiger partial charge in [-0.1, -0.05) is 67.2 Å². The van der Waals surface area contributed by atoms with Crippen molar-refractivity contribution in [2.24, 2.45) is 16.2 Å². The maximum Gasteiger partial charge on any atom is 0.309 e. The minimum Gasteiger partial charge on any atom is -0.481 e. The zero-order valence-corrected chi connectivity index (χ0v) is 17.3. The predicted molar refractivity (Wildman–Crippen MR) is 103 cm³/mol. The topological polar surface area (TPSA) is 74.6 Å². The van der Waals surface area contributed by atoms with Crippen LogP contribution in [-0.2, 0) is 9.59 Å². The summed E-state index contributed by atoms with van der Waals surface area (Å²) < 4.78 is 0. The van der Waals surface area contributed by atoms with E-state index < -0.39 is 22.8 Å². The van der Waals surface area contributed by atoms with Crippen LogP contribution in [0, 0.1) is 16.2 Å². The molecule has 148 valence electrons. The van der Waals surface area contributed by atoms with Gasteiger partial charge in [-0.25, -0.2) is 0 Å². The second kappa shape index (κ2) is 10.2. The van der Waals surface area contributed by atoms with Crippen LogP contribution in [-0.4, -0.2) is 22.2 Å². The van der Waals surface area contributed by atoms with Gasteiger partial charge in [-0.05, 0) is 43.9 Å². The Hall–Kier alpha value is -1.06. The lowest BCUT2D eigenvalue weighted by Gasteiger charge is -2.42. The molecule has 0 radical (unpaired) electrons. The van der Waals surface area contributed by atoms with Gasteiger partial charge in [0.15, 0.2) is 0 Å². The average molecular weight is 357 g/mol. The number of unbranched alkanes of at least 4 members (excludes halogenated alkanes) is 2. The van der Waals surface area contributed by atoms with Crippen molar-refractivity contribution in [2.45, 2.75) is 106 Å². The van der Waals surface area contributed by atoms with Crippen LogP contribution in [0.15, 0.2) is 0 Å². The first-order valence-corrected chi connectivity index (χ1v) is 10.0. The molecule has 0 aliphatic heterocycles. The Morgan fingerprint density at radius 2 is 1.04 bits per heavy atom. The molecule has 2 atom stereocenters. The third-order valence-corrected chi connectivity index (χ3v) is 5.91. The maximum atomic E-state index is 12.1. The van der Waals surface area contributed by atoms with Gasteiger partial charge >= 0.3 is 11.9 Å². The number of hydrogen-bond donors (Lipinski definition) is 2. The fraction of sp³-hybridized carbons (Fsp3) is 0.905. The molecule has 0 rings (SSSR count). The summed E-state index contributed by atoms with van der Waals surface area (Å²) in [6.07, 6.45) is 7.31. The number of hydrogen-bond acceptors (Lipinski definition) is 2. The van der Waals surface area contributed by atoms with Crippen LogP contribution in [0.4, 0.5) is 0 Å². The van der Waals surface area contributed by atoms with E-state index in [0.29, 0.717) is 38.5 Å². The zero-order valence-electron chi connectivity index (χ0n) is 17.3. The first kappa shape index (κ1) is 23.9. The van der Waals surface area contributed by atoms with Gasteiger partial charge in [-0.15, -0.1) is 0 Å². The molecule has 4 nitrogen and oxygen atoms in total. The Morgan fingerprint density at radius 3 is 1.24 bits per heavy atom. The molecule has 2 N–H and O–H groups in total.